The topological polar surface area (TPSA) is 67.0 Å². The predicted octanol–water partition coefficient (Wildman–Crippen LogP) is 2.36. The number of ether oxygens (including phenoxy) is 1. The van der Waals surface area contributed by atoms with Gasteiger partial charge in [0.1, 0.15) is 10.8 Å². The Bertz CT molecular complexity index is 656. The highest BCUT2D eigenvalue weighted by Crippen LogP contribution is 2.34. The van der Waals surface area contributed by atoms with Gasteiger partial charge in [0.2, 0.25) is 0 Å². The van der Waals surface area contributed by atoms with Gasteiger partial charge in [-0.05, 0) is 6.07 Å². The number of aromatic amines is 1. The molecule has 1 aromatic carbocycles. The third-order valence-electron chi connectivity index (χ3n) is 3.08. The summed E-state index contributed by atoms with van der Waals surface area (Å²) < 4.78 is 5.59. The molecule has 0 spiro atoms. The fraction of sp³-hybridized carbons (Fsp3) is 0.231. The van der Waals surface area contributed by atoms with Crippen LogP contribution in [0.15, 0.2) is 35.3 Å². The third kappa shape index (κ3) is 2.29. The minimum atomic E-state index is -0.396. The Morgan fingerprint density at radius 1 is 1.42 bits per heavy atom. The number of aromatic nitrogens is 2. The summed E-state index contributed by atoms with van der Waals surface area (Å²) in [5.74, 6) is 0.861. The van der Waals surface area contributed by atoms with Crippen molar-refractivity contribution in [1.82, 2.24) is 10.2 Å². The molecule has 1 atom stereocenters. The molecular formula is C13H12ClN3O2. The quantitative estimate of drug-likeness (QED) is 0.884. The Labute approximate surface area is 114 Å². The van der Waals surface area contributed by atoms with E-state index in [2.05, 4.69) is 15.5 Å². The zero-order chi connectivity index (χ0) is 13.2. The lowest BCUT2D eigenvalue weighted by Crippen LogP contribution is -2.22. The van der Waals surface area contributed by atoms with Crippen LogP contribution in [-0.4, -0.2) is 16.8 Å². The van der Waals surface area contributed by atoms with Gasteiger partial charge in [-0.1, -0.05) is 29.8 Å². The maximum absolute atomic E-state index is 11.4. The van der Waals surface area contributed by atoms with E-state index >= 15 is 0 Å². The molecule has 0 radical (unpaired) electrons. The summed E-state index contributed by atoms with van der Waals surface area (Å²) in [7, 11) is 0. The van der Waals surface area contributed by atoms with Crippen molar-refractivity contribution in [1.29, 1.82) is 0 Å². The van der Waals surface area contributed by atoms with Gasteiger partial charge in [0.05, 0.1) is 24.5 Å². The lowest BCUT2D eigenvalue weighted by atomic mass is 10.0. The highest BCUT2D eigenvalue weighted by molar-refractivity contribution is 6.32. The number of hydrogen-bond donors (Lipinski definition) is 2. The SMILES string of the molecule is O=c1[nH]ncc(NC2CCOc3ccccc32)c1Cl. The van der Waals surface area contributed by atoms with Crippen LogP contribution in [0.25, 0.3) is 0 Å². The van der Waals surface area contributed by atoms with E-state index in [1.165, 1.54) is 6.20 Å². The van der Waals surface area contributed by atoms with E-state index in [0.717, 1.165) is 17.7 Å². The standard InChI is InChI=1S/C13H12ClN3O2/c14-12-10(7-15-17-13(12)18)16-9-5-6-19-11-4-2-1-3-8(9)11/h1-4,7,9H,5-6H2,(H2,16,17,18). The molecule has 0 bridgehead atoms. The second-order valence-corrected chi connectivity index (χ2v) is 4.68. The summed E-state index contributed by atoms with van der Waals surface area (Å²) >= 11 is 5.96. The van der Waals surface area contributed by atoms with Crippen LogP contribution in [0.2, 0.25) is 5.02 Å². The molecule has 0 aliphatic carbocycles. The van der Waals surface area contributed by atoms with Crippen molar-refractivity contribution >= 4 is 17.3 Å². The molecule has 1 aromatic heterocycles. The van der Waals surface area contributed by atoms with Gasteiger partial charge in [-0.3, -0.25) is 4.79 Å². The third-order valence-corrected chi connectivity index (χ3v) is 3.46. The number of anilines is 1. The van der Waals surface area contributed by atoms with Crippen molar-refractivity contribution in [3.05, 3.63) is 51.4 Å². The van der Waals surface area contributed by atoms with Crippen LogP contribution in [0.3, 0.4) is 0 Å². The molecule has 1 unspecified atom stereocenters. The molecule has 2 heterocycles. The summed E-state index contributed by atoms with van der Waals surface area (Å²) in [5.41, 5.74) is 1.20. The van der Waals surface area contributed by atoms with Gasteiger partial charge in [0.25, 0.3) is 5.56 Å². The van der Waals surface area contributed by atoms with E-state index in [9.17, 15) is 4.79 Å². The average Bonchev–Trinajstić information content (AvgIpc) is 2.44. The van der Waals surface area contributed by atoms with Gasteiger partial charge in [-0.2, -0.15) is 5.10 Å². The zero-order valence-corrected chi connectivity index (χ0v) is 10.8. The molecule has 19 heavy (non-hydrogen) atoms. The molecular weight excluding hydrogens is 266 g/mol. The number of hydrogen-bond acceptors (Lipinski definition) is 4. The summed E-state index contributed by atoms with van der Waals surface area (Å²) in [6, 6.07) is 7.88. The fourth-order valence-electron chi connectivity index (χ4n) is 2.16. The van der Waals surface area contributed by atoms with Crippen LogP contribution in [0.4, 0.5) is 5.69 Å². The summed E-state index contributed by atoms with van der Waals surface area (Å²) in [4.78, 5) is 11.4. The highest BCUT2D eigenvalue weighted by Gasteiger charge is 2.21. The number of para-hydroxylation sites is 1. The van der Waals surface area contributed by atoms with Gasteiger partial charge in [0, 0.05) is 12.0 Å². The van der Waals surface area contributed by atoms with E-state index in [1.54, 1.807) is 0 Å². The fourth-order valence-corrected chi connectivity index (χ4v) is 2.31. The van der Waals surface area contributed by atoms with Crippen LogP contribution in [0.1, 0.15) is 18.0 Å². The van der Waals surface area contributed by atoms with Gasteiger partial charge < -0.3 is 10.1 Å². The number of rotatable bonds is 2. The lowest BCUT2D eigenvalue weighted by Gasteiger charge is -2.27. The molecule has 2 aromatic rings. The van der Waals surface area contributed by atoms with Gasteiger partial charge in [0.15, 0.2) is 0 Å². The number of benzene rings is 1. The Morgan fingerprint density at radius 3 is 3.16 bits per heavy atom. The Kier molecular flexibility index (Phi) is 3.13. The maximum atomic E-state index is 11.4. The summed E-state index contributed by atoms with van der Waals surface area (Å²) in [5, 5.41) is 9.42. The van der Waals surface area contributed by atoms with E-state index in [1.807, 2.05) is 24.3 Å². The number of nitrogens with zero attached hydrogens (tertiary/aromatic N) is 1. The highest BCUT2D eigenvalue weighted by atomic mass is 35.5. The monoisotopic (exact) mass is 277 g/mol. The van der Waals surface area contributed by atoms with Crippen molar-refractivity contribution in [3.63, 3.8) is 0 Å². The normalized spacial score (nSPS) is 17.4. The predicted molar refractivity (Wildman–Crippen MR) is 72.8 cm³/mol. The molecule has 3 rings (SSSR count). The van der Waals surface area contributed by atoms with Crippen LogP contribution in [-0.2, 0) is 0 Å². The van der Waals surface area contributed by atoms with Gasteiger partial charge >= 0.3 is 0 Å². The second-order valence-electron chi connectivity index (χ2n) is 4.30. The van der Waals surface area contributed by atoms with E-state index in [-0.39, 0.29) is 11.1 Å². The van der Waals surface area contributed by atoms with Crippen LogP contribution < -0.4 is 15.6 Å². The Balaban J connectivity index is 1.93. The number of fused-ring (bicyclic) bond motifs is 1. The first-order valence-electron chi connectivity index (χ1n) is 5.97. The van der Waals surface area contributed by atoms with E-state index in [0.29, 0.717) is 12.3 Å². The molecule has 0 fully saturated rings. The number of halogens is 1. The molecule has 98 valence electrons. The molecule has 1 aliphatic heterocycles. The Hall–Kier alpha value is -2.01. The zero-order valence-electron chi connectivity index (χ0n) is 10.0. The molecule has 0 saturated heterocycles. The van der Waals surface area contributed by atoms with Crippen molar-refractivity contribution in [2.75, 3.05) is 11.9 Å². The average molecular weight is 278 g/mol. The minimum Gasteiger partial charge on any atom is -0.493 e. The maximum Gasteiger partial charge on any atom is 0.285 e. The lowest BCUT2D eigenvalue weighted by molar-refractivity contribution is 0.274. The first-order valence-corrected chi connectivity index (χ1v) is 6.35. The van der Waals surface area contributed by atoms with E-state index in [4.69, 9.17) is 16.3 Å². The molecule has 1 aliphatic rings. The molecule has 0 saturated carbocycles. The van der Waals surface area contributed by atoms with Gasteiger partial charge in [-0.25, -0.2) is 5.10 Å². The second kappa shape index (κ2) is 4.93. The first-order chi connectivity index (χ1) is 9.25. The number of H-pyrrole nitrogens is 1. The largest absolute Gasteiger partial charge is 0.493 e. The van der Waals surface area contributed by atoms with Crippen LogP contribution in [0.5, 0.6) is 5.75 Å². The molecule has 0 amide bonds. The molecule has 5 nitrogen and oxygen atoms in total. The number of nitrogens with one attached hydrogen (secondary N) is 2. The van der Waals surface area contributed by atoms with Crippen molar-refractivity contribution in [3.8, 4) is 5.75 Å². The van der Waals surface area contributed by atoms with E-state index < -0.39 is 5.56 Å². The Morgan fingerprint density at radius 2 is 2.26 bits per heavy atom. The van der Waals surface area contributed by atoms with Crippen LogP contribution >= 0.6 is 11.6 Å². The van der Waals surface area contributed by atoms with Crippen molar-refractivity contribution < 1.29 is 4.74 Å². The minimum absolute atomic E-state index is 0.0612. The van der Waals surface area contributed by atoms with Crippen molar-refractivity contribution in [2.45, 2.75) is 12.5 Å². The summed E-state index contributed by atoms with van der Waals surface area (Å²) in [6.45, 7) is 0.628. The smallest absolute Gasteiger partial charge is 0.285 e. The first kappa shape index (κ1) is 12.0. The van der Waals surface area contributed by atoms with Crippen molar-refractivity contribution in [2.24, 2.45) is 0 Å². The van der Waals surface area contributed by atoms with Gasteiger partial charge in [-0.15, -0.1) is 0 Å². The molecule has 6 heteroatoms. The summed E-state index contributed by atoms with van der Waals surface area (Å²) in [6.07, 6.45) is 2.32. The van der Waals surface area contributed by atoms with Crippen LogP contribution in [0, 0.1) is 0 Å². The molecule has 2 N–H and O–H groups in total.